The van der Waals surface area contributed by atoms with Crippen molar-refractivity contribution < 1.29 is 19.4 Å². The molecule has 1 aliphatic rings. The molecule has 0 saturated carbocycles. The fourth-order valence-corrected chi connectivity index (χ4v) is 4.49. The van der Waals surface area contributed by atoms with Crippen molar-refractivity contribution in [1.82, 2.24) is 20.3 Å². The predicted octanol–water partition coefficient (Wildman–Crippen LogP) is 3.63. The SMILES string of the molecule is Cn1nnc(Br)c1[C@H](CC(=O)O)NC(=O)OCC1c2ccccc2-c2ccccc21. The van der Waals surface area contributed by atoms with Gasteiger partial charge in [-0.3, -0.25) is 4.79 Å². The van der Waals surface area contributed by atoms with Crippen LogP contribution in [0.1, 0.15) is 35.2 Å². The number of aliphatic carboxylic acids is 1. The molecule has 0 bridgehead atoms. The van der Waals surface area contributed by atoms with E-state index in [-0.39, 0.29) is 18.9 Å². The van der Waals surface area contributed by atoms with Crippen LogP contribution < -0.4 is 5.32 Å². The molecule has 1 atom stereocenters. The van der Waals surface area contributed by atoms with Crippen molar-refractivity contribution in [3.63, 3.8) is 0 Å². The molecule has 0 radical (unpaired) electrons. The Morgan fingerprint density at radius 3 is 2.30 bits per heavy atom. The van der Waals surface area contributed by atoms with Crippen LogP contribution in [0.15, 0.2) is 53.1 Å². The van der Waals surface area contributed by atoms with Gasteiger partial charge in [-0.15, -0.1) is 5.10 Å². The van der Waals surface area contributed by atoms with Gasteiger partial charge < -0.3 is 15.2 Å². The van der Waals surface area contributed by atoms with E-state index in [0.717, 1.165) is 22.3 Å². The van der Waals surface area contributed by atoms with E-state index in [1.807, 2.05) is 36.4 Å². The molecule has 0 aliphatic heterocycles. The quantitative estimate of drug-likeness (QED) is 0.569. The predicted molar refractivity (Wildman–Crippen MR) is 112 cm³/mol. The van der Waals surface area contributed by atoms with E-state index in [2.05, 4.69) is 43.7 Å². The number of alkyl carbamates (subject to hydrolysis) is 1. The largest absolute Gasteiger partial charge is 0.481 e. The van der Waals surface area contributed by atoms with Crippen LogP contribution in [-0.4, -0.2) is 38.8 Å². The summed E-state index contributed by atoms with van der Waals surface area (Å²) in [5, 5.41) is 19.6. The number of nitrogens with one attached hydrogen (secondary N) is 1. The second-order valence-corrected chi connectivity index (χ2v) is 7.76. The number of aromatic nitrogens is 3. The Morgan fingerprint density at radius 2 is 1.77 bits per heavy atom. The van der Waals surface area contributed by atoms with Crippen molar-refractivity contribution in [2.24, 2.45) is 7.05 Å². The molecule has 0 spiro atoms. The number of ether oxygens (including phenoxy) is 1. The molecule has 30 heavy (non-hydrogen) atoms. The van der Waals surface area contributed by atoms with Gasteiger partial charge >= 0.3 is 12.1 Å². The number of rotatable bonds is 6. The summed E-state index contributed by atoms with van der Waals surface area (Å²) in [4.78, 5) is 23.8. The van der Waals surface area contributed by atoms with Crippen molar-refractivity contribution in [3.05, 3.63) is 70.0 Å². The van der Waals surface area contributed by atoms with Crippen molar-refractivity contribution in [2.45, 2.75) is 18.4 Å². The number of nitrogens with zero attached hydrogens (tertiary/aromatic N) is 3. The fourth-order valence-electron chi connectivity index (χ4n) is 3.88. The first-order valence-corrected chi connectivity index (χ1v) is 10.1. The van der Waals surface area contributed by atoms with Crippen LogP contribution in [-0.2, 0) is 16.6 Å². The minimum Gasteiger partial charge on any atom is -0.481 e. The van der Waals surface area contributed by atoms with E-state index in [4.69, 9.17) is 4.74 Å². The number of amides is 1. The average Bonchev–Trinajstić information content (AvgIpc) is 3.22. The summed E-state index contributed by atoms with van der Waals surface area (Å²) < 4.78 is 7.31. The molecule has 1 aliphatic carbocycles. The van der Waals surface area contributed by atoms with Crippen LogP contribution in [0.4, 0.5) is 4.79 Å². The van der Waals surface area contributed by atoms with Gasteiger partial charge in [-0.05, 0) is 38.2 Å². The first-order chi connectivity index (χ1) is 14.5. The van der Waals surface area contributed by atoms with Crippen LogP contribution in [0, 0.1) is 0 Å². The third-order valence-electron chi connectivity index (χ3n) is 5.17. The summed E-state index contributed by atoms with van der Waals surface area (Å²) >= 11 is 3.25. The number of hydrogen-bond donors (Lipinski definition) is 2. The zero-order valence-electron chi connectivity index (χ0n) is 16.1. The molecule has 0 unspecified atom stereocenters. The van der Waals surface area contributed by atoms with Gasteiger partial charge in [0.15, 0.2) is 4.60 Å². The number of fused-ring (bicyclic) bond motifs is 3. The van der Waals surface area contributed by atoms with Gasteiger partial charge in [0, 0.05) is 13.0 Å². The lowest BCUT2D eigenvalue weighted by atomic mass is 9.98. The molecule has 1 amide bonds. The van der Waals surface area contributed by atoms with Gasteiger partial charge in [0.25, 0.3) is 0 Å². The number of carbonyl (C=O) groups excluding carboxylic acids is 1. The maximum Gasteiger partial charge on any atom is 0.407 e. The standard InChI is InChI=1S/C21H19BrN4O4/c1-26-19(20(22)24-25-26)17(10-18(27)28)23-21(29)30-11-16-14-8-4-2-6-12(14)13-7-3-5-9-15(13)16/h2-9,16-17H,10-11H2,1H3,(H,23,29)(H,27,28)/t17-/m0/s1. The monoisotopic (exact) mass is 470 g/mol. The first-order valence-electron chi connectivity index (χ1n) is 9.34. The van der Waals surface area contributed by atoms with E-state index >= 15 is 0 Å². The van der Waals surface area contributed by atoms with Crippen molar-refractivity contribution in [1.29, 1.82) is 0 Å². The molecule has 0 fully saturated rings. The molecule has 2 N–H and O–H groups in total. The Kier molecular flexibility index (Phi) is 5.54. The number of hydrogen-bond acceptors (Lipinski definition) is 5. The minimum atomic E-state index is -1.06. The minimum absolute atomic E-state index is 0.0776. The highest BCUT2D eigenvalue weighted by Gasteiger charge is 2.30. The number of aryl methyl sites for hydroxylation is 1. The van der Waals surface area contributed by atoms with E-state index in [1.165, 1.54) is 4.68 Å². The summed E-state index contributed by atoms with van der Waals surface area (Å²) in [6.45, 7) is 0.143. The van der Waals surface area contributed by atoms with Crippen LogP contribution >= 0.6 is 15.9 Å². The molecule has 0 saturated heterocycles. The molecule has 3 aromatic rings. The second-order valence-electron chi connectivity index (χ2n) is 7.01. The summed E-state index contributed by atoms with van der Waals surface area (Å²) in [6, 6.07) is 15.3. The maximum absolute atomic E-state index is 12.5. The highest BCUT2D eigenvalue weighted by atomic mass is 79.9. The summed E-state index contributed by atoms with van der Waals surface area (Å²) in [7, 11) is 1.63. The molecule has 9 heteroatoms. The molecular weight excluding hydrogens is 452 g/mol. The van der Waals surface area contributed by atoms with Crippen molar-refractivity contribution in [3.8, 4) is 11.1 Å². The molecule has 8 nitrogen and oxygen atoms in total. The summed E-state index contributed by atoms with van der Waals surface area (Å²) in [5.41, 5.74) is 4.93. The Morgan fingerprint density at radius 1 is 1.17 bits per heavy atom. The van der Waals surface area contributed by atoms with Crippen LogP contribution in [0.25, 0.3) is 11.1 Å². The van der Waals surface area contributed by atoms with Gasteiger partial charge in [-0.25, -0.2) is 9.48 Å². The first kappa shape index (κ1) is 20.1. The number of carboxylic acids is 1. The van der Waals surface area contributed by atoms with Gasteiger partial charge in [-0.1, -0.05) is 53.7 Å². The van der Waals surface area contributed by atoms with Gasteiger partial charge in [0.1, 0.15) is 6.61 Å². The Bertz CT molecular complexity index is 1050. The van der Waals surface area contributed by atoms with E-state index in [9.17, 15) is 14.7 Å². The van der Waals surface area contributed by atoms with Crippen LogP contribution in [0.5, 0.6) is 0 Å². The van der Waals surface area contributed by atoms with E-state index in [0.29, 0.717) is 10.3 Å². The van der Waals surface area contributed by atoms with E-state index in [1.54, 1.807) is 7.05 Å². The van der Waals surface area contributed by atoms with Crippen LogP contribution in [0.3, 0.4) is 0 Å². The average molecular weight is 471 g/mol. The normalized spacial score (nSPS) is 13.4. The lowest BCUT2D eigenvalue weighted by molar-refractivity contribution is -0.137. The molecule has 2 aromatic carbocycles. The fraction of sp³-hybridized carbons (Fsp3) is 0.238. The van der Waals surface area contributed by atoms with Gasteiger partial charge in [0.05, 0.1) is 18.2 Å². The number of carboxylic acid groups (broad SMARTS) is 1. The van der Waals surface area contributed by atoms with Gasteiger partial charge in [-0.2, -0.15) is 0 Å². The third kappa shape index (κ3) is 3.80. The smallest absolute Gasteiger partial charge is 0.407 e. The van der Waals surface area contributed by atoms with Crippen LogP contribution in [0.2, 0.25) is 0 Å². The molecule has 1 aromatic heterocycles. The molecule has 4 rings (SSSR count). The van der Waals surface area contributed by atoms with Crippen molar-refractivity contribution >= 4 is 28.0 Å². The van der Waals surface area contributed by atoms with Gasteiger partial charge in [0.2, 0.25) is 0 Å². The highest BCUT2D eigenvalue weighted by Crippen LogP contribution is 2.44. The summed E-state index contributed by atoms with van der Waals surface area (Å²) in [6.07, 6.45) is -1.03. The lowest BCUT2D eigenvalue weighted by Crippen LogP contribution is -2.33. The second kappa shape index (κ2) is 8.27. The number of benzene rings is 2. The Balaban J connectivity index is 1.50. The topological polar surface area (TPSA) is 106 Å². The molecule has 1 heterocycles. The Hall–Kier alpha value is -3.20. The van der Waals surface area contributed by atoms with Crippen molar-refractivity contribution in [2.75, 3.05) is 6.61 Å². The zero-order valence-corrected chi connectivity index (χ0v) is 17.7. The number of halogens is 1. The number of carbonyl (C=O) groups is 2. The Labute approximate surface area is 181 Å². The zero-order chi connectivity index (χ0) is 21.3. The van der Waals surface area contributed by atoms with E-state index < -0.39 is 18.1 Å². The highest BCUT2D eigenvalue weighted by molar-refractivity contribution is 9.10. The lowest BCUT2D eigenvalue weighted by Gasteiger charge is -2.19. The molecular formula is C21H19BrN4O4. The third-order valence-corrected chi connectivity index (χ3v) is 5.74. The summed E-state index contributed by atoms with van der Waals surface area (Å²) in [5.74, 6) is -1.14. The maximum atomic E-state index is 12.5. The molecule has 154 valence electrons.